The van der Waals surface area contributed by atoms with Gasteiger partial charge in [0.1, 0.15) is 5.82 Å². The van der Waals surface area contributed by atoms with Gasteiger partial charge in [0.25, 0.3) is 0 Å². The van der Waals surface area contributed by atoms with E-state index in [0.29, 0.717) is 23.0 Å². The van der Waals surface area contributed by atoms with Gasteiger partial charge in [-0.3, -0.25) is 9.20 Å². The van der Waals surface area contributed by atoms with E-state index in [1.807, 2.05) is 16.0 Å². The fourth-order valence-electron chi connectivity index (χ4n) is 2.15. The van der Waals surface area contributed by atoms with E-state index in [4.69, 9.17) is 11.6 Å². The first-order valence-electron chi connectivity index (χ1n) is 6.86. The third kappa shape index (κ3) is 3.43. The Hall–Kier alpha value is -2.18. The van der Waals surface area contributed by atoms with Gasteiger partial charge in [-0.05, 0) is 30.2 Å². The molecule has 0 aliphatic rings. The second kappa shape index (κ2) is 6.52. The smallest absolute Gasteiger partial charge is 0.244 e. The van der Waals surface area contributed by atoms with E-state index in [1.165, 1.54) is 23.5 Å². The van der Waals surface area contributed by atoms with Crippen LogP contribution in [0.4, 0.5) is 4.39 Å². The topological polar surface area (TPSA) is 46.4 Å². The van der Waals surface area contributed by atoms with Gasteiger partial charge in [-0.1, -0.05) is 23.7 Å². The van der Waals surface area contributed by atoms with E-state index in [-0.39, 0.29) is 11.7 Å². The van der Waals surface area contributed by atoms with Crippen molar-refractivity contribution >= 4 is 39.9 Å². The van der Waals surface area contributed by atoms with Crippen molar-refractivity contribution < 1.29 is 9.18 Å². The number of carbonyl (C=O) groups is 1. The molecule has 0 aliphatic carbocycles. The van der Waals surface area contributed by atoms with Gasteiger partial charge in [-0.15, -0.1) is 11.3 Å². The van der Waals surface area contributed by atoms with Crippen LogP contribution in [-0.4, -0.2) is 15.3 Å². The molecule has 0 spiro atoms. The highest BCUT2D eigenvalue weighted by Crippen LogP contribution is 2.22. The van der Waals surface area contributed by atoms with Crippen LogP contribution in [0.25, 0.3) is 11.0 Å². The van der Waals surface area contributed by atoms with Gasteiger partial charge < -0.3 is 5.32 Å². The monoisotopic (exact) mass is 349 g/mol. The summed E-state index contributed by atoms with van der Waals surface area (Å²) in [5, 5.41) is 5.00. The maximum atomic E-state index is 13.2. The van der Waals surface area contributed by atoms with Crippen LogP contribution < -0.4 is 5.32 Å². The Labute approximate surface area is 141 Å². The van der Waals surface area contributed by atoms with Crippen LogP contribution in [0.1, 0.15) is 16.8 Å². The summed E-state index contributed by atoms with van der Waals surface area (Å²) in [5.41, 5.74) is 2.06. The molecule has 0 saturated heterocycles. The van der Waals surface area contributed by atoms with Crippen LogP contribution >= 0.6 is 22.9 Å². The number of fused-ring (bicyclic) bond motifs is 1. The van der Waals surface area contributed by atoms with Gasteiger partial charge in [0.15, 0.2) is 10.1 Å². The average molecular weight is 350 g/mol. The normalized spacial score (nSPS) is 11.4. The number of hydrogen-bond acceptors (Lipinski definition) is 3. The summed E-state index contributed by atoms with van der Waals surface area (Å²) in [7, 11) is 0. The lowest BCUT2D eigenvalue weighted by Crippen LogP contribution is -2.20. The number of benzene rings is 1. The molecule has 0 unspecified atom stereocenters. The van der Waals surface area contributed by atoms with Crippen molar-refractivity contribution in [1.82, 2.24) is 14.7 Å². The van der Waals surface area contributed by atoms with Crippen LogP contribution in [-0.2, 0) is 11.3 Å². The summed E-state index contributed by atoms with van der Waals surface area (Å²) in [6.07, 6.45) is 4.88. The molecule has 1 amide bonds. The summed E-state index contributed by atoms with van der Waals surface area (Å²) >= 11 is 7.52. The number of rotatable bonds is 4. The van der Waals surface area contributed by atoms with E-state index in [9.17, 15) is 9.18 Å². The maximum Gasteiger partial charge on any atom is 0.244 e. The molecule has 7 heteroatoms. The third-order valence-electron chi connectivity index (χ3n) is 3.34. The SMILES string of the molecule is Cc1cc(CNC(=O)/C=C/c2c(Cl)nc3sccn23)ccc1F. The standard InChI is InChI=1S/C16H13ClFN3OS/c1-10-8-11(2-3-12(10)18)9-19-14(22)5-4-13-15(17)20-16-21(13)6-7-23-16/h2-8H,9H2,1H3,(H,19,22)/b5-4+. The molecular weight excluding hydrogens is 337 g/mol. The number of halogens is 2. The Kier molecular flexibility index (Phi) is 4.45. The molecular formula is C16H13ClFN3OS. The van der Waals surface area contributed by atoms with Crippen LogP contribution in [0.2, 0.25) is 5.15 Å². The van der Waals surface area contributed by atoms with E-state index in [2.05, 4.69) is 10.3 Å². The highest BCUT2D eigenvalue weighted by Gasteiger charge is 2.08. The largest absolute Gasteiger partial charge is 0.348 e. The predicted octanol–water partition coefficient (Wildman–Crippen LogP) is 3.83. The molecule has 3 aromatic rings. The van der Waals surface area contributed by atoms with Crippen molar-refractivity contribution in [3.63, 3.8) is 0 Å². The number of thiazole rings is 1. The van der Waals surface area contributed by atoms with Gasteiger partial charge in [0.05, 0.1) is 5.69 Å². The van der Waals surface area contributed by atoms with Crippen molar-refractivity contribution in [3.05, 3.63) is 63.6 Å². The van der Waals surface area contributed by atoms with Gasteiger partial charge in [0, 0.05) is 24.2 Å². The lowest BCUT2D eigenvalue weighted by Gasteiger charge is -2.04. The minimum absolute atomic E-state index is 0.255. The fourth-order valence-corrected chi connectivity index (χ4v) is 3.15. The Balaban J connectivity index is 1.66. The number of aromatic nitrogens is 2. The lowest BCUT2D eigenvalue weighted by molar-refractivity contribution is -0.116. The number of aryl methyl sites for hydroxylation is 1. The molecule has 1 N–H and O–H groups in total. The second-order valence-corrected chi connectivity index (χ2v) is 6.21. The number of nitrogens with one attached hydrogen (secondary N) is 1. The summed E-state index contributed by atoms with van der Waals surface area (Å²) in [6, 6.07) is 4.75. The maximum absolute atomic E-state index is 13.2. The van der Waals surface area contributed by atoms with E-state index >= 15 is 0 Å². The molecule has 2 heterocycles. The van der Waals surface area contributed by atoms with Gasteiger partial charge in [-0.2, -0.15) is 0 Å². The minimum atomic E-state index is -0.256. The molecule has 0 saturated carbocycles. The number of nitrogens with zero attached hydrogens (tertiary/aromatic N) is 2. The van der Waals surface area contributed by atoms with Crippen molar-refractivity contribution in [3.8, 4) is 0 Å². The first-order valence-corrected chi connectivity index (χ1v) is 8.12. The first kappa shape index (κ1) is 15.7. The molecule has 0 fully saturated rings. The van der Waals surface area contributed by atoms with Crippen molar-refractivity contribution in [1.29, 1.82) is 0 Å². The fraction of sp³-hybridized carbons (Fsp3) is 0.125. The molecule has 0 aliphatic heterocycles. The lowest BCUT2D eigenvalue weighted by atomic mass is 10.1. The second-order valence-electron chi connectivity index (χ2n) is 4.98. The number of carbonyl (C=O) groups excluding carboxylic acids is 1. The summed E-state index contributed by atoms with van der Waals surface area (Å²) in [6.45, 7) is 2.02. The third-order valence-corrected chi connectivity index (χ3v) is 4.37. The number of imidazole rings is 1. The van der Waals surface area contributed by atoms with E-state index in [0.717, 1.165) is 10.5 Å². The van der Waals surface area contributed by atoms with Crippen molar-refractivity contribution in [2.75, 3.05) is 0 Å². The van der Waals surface area contributed by atoms with Gasteiger partial charge >= 0.3 is 0 Å². The zero-order valence-electron chi connectivity index (χ0n) is 12.2. The van der Waals surface area contributed by atoms with Crippen LogP contribution in [0, 0.1) is 12.7 Å². The van der Waals surface area contributed by atoms with Crippen molar-refractivity contribution in [2.24, 2.45) is 0 Å². The zero-order chi connectivity index (χ0) is 16.4. The molecule has 23 heavy (non-hydrogen) atoms. The Morgan fingerprint density at radius 2 is 2.35 bits per heavy atom. The van der Waals surface area contributed by atoms with E-state index in [1.54, 1.807) is 25.1 Å². The molecule has 1 aromatic carbocycles. The summed E-state index contributed by atoms with van der Waals surface area (Å²) in [4.78, 5) is 16.9. The highest BCUT2D eigenvalue weighted by molar-refractivity contribution is 7.15. The molecule has 0 bridgehead atoms. The number of hydrogen-bond donors (Lipinski definition) is 1. The van der Waals surface area contributed by atoms with Gasteiger partial charge in [0.2, 0.25) is 5.91 Å². The minimum Gasteiger partial charge on any atom is -0.348 e. The number of amides is 1. The predicted molar refractivity (Wildman–Crippen MR) is 90.1 cm³/mol. The molecule has 0 radical (unpaired) electrons. The quantitative estimate of drug-likeness (QED) is 0.728. The molecule has 118 valence electrons. The summed E-state index contributed by atoms with van der Waals surface area (Å²) < 4.78 is 15.0. The molecule has 4 nitrogen and oxygen atoms in total. The van der Waals surface area contributed by atoms with Crippen LogP contribution in [0.5, 0.6) is 0 Å². The van der Waals surface area contributed by atoms with Crippen LogP contribution in [0.15, 0.2) is 35.9 Å². The Bertz CT molecular complexity index is 900. The molecule has 3 rings (SSSR count). The first-order chi connectivity index (χ1) is 11.0. The molecule has 2 aromatic heterocycles. The highest BCUT2D eigenvalue weighted by atomic mass is 35.5. The average Bonchev–Trinajstić information content (AvgIpc) is 3.07. The van der Waals surface area contributed by atoms with Crippen molar-refractivity contribution in [2.45, 2.75) is 13.5 Å². The Morgan fingerprint density at radius 3 is 3.13 bits per heavy atom. The Morgan fingerprint density at radius 1 is 1.52 bits per heavy atom. The summed E-state index contributed by atoms with van der Waals surface area (Å²) in [5.74, 6) is -0.511. The zero-order valence-corrected chi connectivity index (χ0v) is 13.8. The van der Waals surface area contributed by atoms with Crippen LogP contribution in [0.3, 0.4) is 0 Å². The molecule has 0 atom stereocenters. The van der Waals surface area contributed by atoms with Gasteiger partial charge in [-0.25, -0.2) is 9.37 Å². The van der Waals surface area contributed by atoms with E-state index < -0.39 is 0 Å².